The first kappa shape index (κ1) is 14.0. The van der Waals surface area contributed by atoms with E-state index < -0.39 is 9.05 Å². The van der Waals surface area contributed by atoms with Gasteiger partial charge in [0.1, 0.15) is 0 Å². The van der Waals surface area contributed by atoms with Crippen LogP contribution >= 0.6 is 10.7 Å². The largest absolute Gasteiger partial charge is 0.297 e. The number of halogens is 1. The molecule has 3 aromatic rings. The normalized spacial score (nSPS) is 11.9. The lowest BCUT2D eigenvalue weighted by atomic mass is 10.0. The minimum Gasteiger partial charge on any atom is -0.297 e. The quantitative estimate of drug-likeness (QED) is 0.695. The molecule has 0 radical (unpaired) electrons. The van der Waals surface area contributed by atoms with Crippen molar-refractivity contribution in [3.8, 4) is 11.4 Å². The molecule has 0 fully saturated rings. The van der Waals surface area contributed by atoms with Crippen molar-refractivity contribution in [2.24, 2.45) is 0 Å². The summed E-state index contributed by atoms with van der Waals surface area (Å²) in [6.07, 6.45) is 0. The highest BCUT2D eigenvalue weighted by Crippen LogP contribution is 2.29. The second kappa shape index (κ2) is 5.13. The Morgan fingerprint density at radius 3 is 2.52 bits per heavy atom. The van der Waals surface area contributed by atoms with Gasteiger partial charge in [0.2, 0.25) is 0 Å². The van der Waals surface area contributed by atoms with Gasteiger partial charge in [0.25, 0.3) is 14.2 Å². The Morgan fingerprint density at radius 2 is 1.81 bits per heavy atom. The lowest BCUT2D eigenvalue weighted by Gasteiger charge is -2.08. The van der Waals surface area contributed by atoms with Crippen molar-refractivity contribution < 1.29 is 8.42 Å². The van der Waals surface area contributed by atoms with Gasteiger partial charge in [-0.25, -0.2) is 8.42 Å². The van der Waals surface area contributed by atoms with Crippen LogP contribution in [0.1, 0.15) is 6.92 Å². The van der Waals surface area contributed by atoms with E-state index in [9.17, 15) is 8.42 Å². The molecule has 0 N–H and O–H groups in total. The van der Waals surface area contributed by atoms with Crippen molar-refractivity contribution in [2.75, 3.05) is 0 Å². The number of hydrogen-bond donors (Lipinski definition) is 0. The van der Waals surface area contributed by atoms with E-state index in [1.54, 1.807) is 0 Å². The third-order valence-electron chi connectivity index (χ3n) is 3.28. The summed E-state index contributed by atoms with van der Waals surface area (Å²) in [5, 5.41) is 9.57. The van der Waals surface area contributed by atoms with Gasteiger partial charge in [-0.2, -0.15) is 0 Å². The Bertz CT molecular complexity index is 914. The molecule has 2 aromatic carbocycles. The maximum Gasteiger partial charge on any atom is 0.296 e. The number of aromatic nitrogens is 3. The minimum atomic E-state index is -3.92. The molecule has 0 bridgehead atoms. The van der Waals surface area contributed by atoms with E-state index in [1.807, 2.05) is 49.4 Å². The zero-order valence-electron chi connectivity index (χ0n) is 11.2. The van der Waals surface area contributed by atoms with Crippen LogP contribution < -0.4 is 0 Å². The van der Waals surface area contributed by atoms with Gasteiger partial charge in [0.05, 0.1) is 0 Å². The van der Waals surface area contributed by atoms with Gasteiger partial charge < -0.3 is 0 Å². The van der Waals surface area contributed by atoms with E-state index in [1.165, 1.54) is 4.57 Å². The van der Waals surface area contributed by atoms with Crippen molar-refractivity contribution in [1.82, 2.24) is 14.8 Å². The molecule has 21 heavy (non-hydrogen) atoms. The molecule has 0 aliphatic carbocycles. The molecule has 0 aliphatic heterocycles. The summed E-state index contributed by atoms with van der Waals surface area (Å²) in [4.78, 5) is 0. The zero-order valence-corrected chi connectivity index (χ0v) is 12.8. The molecule has 0 unspecified atom stereocenters. The molecule has 7 heteroatoms. The Morgan fingerprint density at radius 1 is 1.10 bits per heavy atom. The summed E-state index contributed by atoms with van der Waals surface area (Å²) in [7, 11) is 1.49. The molecule has 108 valence electrons. The highest BCUT2D eigenvalue weighted by Gasteiger charge is 2.23. The van der Waals surface area contributed by atoms with Crippen LogP contribution in [0.4, 0.5) is 0 Å². The lowest BCUT2D eigenvalue weighted by Crippen LogP contribution is -2.06. The van der Waals surface area contributed by atoms with Gasteiger partial charge >= 0.3 is 0 Å². The minimum absolute atomic E-state index is 0.227. The molecule has 1 heterocycles. The molecule has 5 nitrogen and oxygen atoms in total. The van der Waals surface area contributed by atoms with Gasteiger partial charge in [-0.05, 0) is 17.7 Å². The third-order valence-corrected chi connectivity index (χ3v) is 4.43. The van der Waals surface area contributed by atoms with E-state index in [-0.39, 0.29) is 5.16 Å². The van der Waals surface area contributed by atoms with Crippen LogP contribution in [0.25, 0.3) is 22.2 Å². The molecule has 0 atom stereocenters. The van der Waals surface area contributed by atoms with Gasteiger partial charge in [0.15, 0.2) is 5.82 Å². The molecular formula is C14H12ClN3O2S. The van der Waals surface area contributed by atoms with Crippen LogP contribution in [0, 0.1) is 0 Å². The van der Waals surface area contributed by atoms with Gasteiger partial charge in [-0.15, -0.1) is 10.2 Å². The number of fused-ring (bicyclic) bond motifs is 1. The average Bonchev–Trinajstić information content (AvgIpc) is 2.90. The van der Waals surface area contributed by atoms with E-state index in [4.69, 9.17) is 10.7 Å². The molecule has 0 amide bonds. The first-order chi connectivity index (χ1) is 10.0. The molecule has 1 aromatic heterocycles. The smallest absolute Gasteiger partial charge is 0.296 e. The maximum absolute atomic E-state index is 11.6. The van der Waals surface area contributed by atoms with Crippen molar-refractivity contribution >= 4 is 30.5 Å². The van der Waals surface area contributed by atoms with E-state index >= 15 is 0 Å². The molecule has 0 aliphatic rings. The van der Waals surface area contributed by atoms with Crippen molar-refractivity contribution in [1.29, 1.82) is 0 Å². The van der Waals surface area contributed by atoms with Crippen LogP contribution in [0.15, 0.2) is 47.6 Å². The Kier molecular flexibility index (Phi) is 3.43. The number of rotatable bonds is 3. The molecule has 3 rings (SSSR count). The summed E-state index contributed by atoms with van der Waals surface area (Å²) in [6, 6.07) is 13.6. The summed E-state index contributed by atoms with van der Waals surface area (Å²) < 4.78 is 24.6. The number of nitrogens with zero attached hydrogens (tertiary/aromatic N) is 3. The Balaban J connectivity index is 2.32. The van der Waals surface area contributed by atoms with Gasteiger partial charge in [-0.3, -0.25) is 4.57 Å². The van der Waals surface area contributed by atoms with Gasteiger partial charge in [0, 0.05) is 22.8 Å². The topological polar surface area (TPSA) is 64.8 Å². The SMILES string of the molecule is CCn1c(-c2cccc3ccccc23)nnc1S(=O)(=O)Cl. The van der Waals surface area contributed by atoms with Crippen molar-refractivity contribution in [3.63, 3.8) is 0 Å². The molecule has 0 saturated heterocycles. The van der Waals surface area contributed by atoms with Crippen LogP contribution in [0.5, 0.6) is 0 Å². The Labute approximate surface area is 126 Å². The summed E-state index contributed by atoms with van der Waals surface area (Å²) in [6.45, 7) is 2.23. The summed E-state index contributed by atoms with van der Waals surface area (Å²) in [5.74, 6) is 0.494. The van der Waals surface area contributed by atoms with E-state index in [0.29, 0.717) is 12.4 Å². The average molecular weight is 322 g/mol. The lowest BCUT2D eigenvalue weighted by molar-refractivity contribution is 0.583. The predicted molar refractivity (Wildman–Crippen MR) is 81.7 cm³/mol. The standard InChI is InChI=1S/C14H12ClN3O2S/c1-2-18-13(16-17-14(18)21(15,19)20)12-9-5-7-10-6-3-4-8-11(10)12/h3-9H,2H2,1H3. The summed E-state index contributed by atoms with van der Waals surface area (Å²) in [5.41, 5.74) is 0.828. The third kappa shape index (κ3) is 2.41. The van der Waals surface area contributed by atoms with E-state index in [0.717, 1.165) is 16.3 Å². The fourth-order valence-electron chi connectivity index (χ4n) is 2.37. The fourth-order valence-corrected chi connectivity index (χ4v) is 3.33. The number of benzene rings is 2. The van der Waals surface area contributed by atoms with Crippen molar-refractivity contribution in [3.05, 3.63) is 42.5 Å². The molecule has 0 spiro atoms. The fraction of sp³-hybridized carbons (Fsp3) is 0.143. The second-order valence-corrected chi connectivity index (χ2v) is 6.97. The monoisotopic (exact) mass is 321 g/mol. The highest BCUT2D eigenvalue weighted by molar-refractivity contribution is 8.13. The first-order valence-electron chi connectivity index (χ1n) is 6.38. The van der Waals surface area contributed by atoms with Crippen LogP contribution in [-0.2, 0) is 15.6 Å². The van der Waals surface area contributed by atoms with Crippen LogP contribution in [0.3, 0.4) is 0 Å². The molecular weight excluding hydrogens is 310 g/mol. The van der Waals surface area contributed by atoms with Crippen LogP contribution in [0.2, 0.25) is 0 Å². The van der Waals surface area contributed by atoms with E-state index in [2.05, 4.69) is 10.2 Å². The zero-order chi connectivity index (χ0) is 15.0. The second-order valence-electron chi connectivity index (χ2n) is 4.51. The maximum atomic E-state index is 11.6. The van der Waals surface area contributed by atoms with Gasteiger partial charge in [-0.1, -0.05) is 42.5 Å². The predicted octanol–water partition coefficient (Wildman–Crippen LogP) is 3.05. The Hall–Kier alpha value is -1.92. The molecule has 0 saturated carbocycles. The van der Waals surface area contributed by atoms with Crippen LogP contribution in [-0.4, -0.2) is 23.2 Å². The van der Waals surface area contributed by atoms with Crippen molar-refractivity contribution in [2.45, 2.75) is 18.6 Å². The number of hydrogen-bond acceptors (Lipinski definition) is 4. The first-order valence-corrected chi connectivity index (χ1v) is 8.69. The summed E-state index contributed by atoms with van der Waals surface area (Å²) >= 11 is 0. The highest BCUT2D eigenvalue weighted by atomic mass is 35.7.